The Morgan fingerprint density at radius 2 is 2.00 bits per heavy atom. The van der Waals surface area contributed by atoms with Crippen LogP contribution in [0.5, 0.6) is 11.5 Å². The molecule has 2 aromatic rings. The lowest BCUT2D eigenvalue weighted by molar-refractivity contribution is 0.102. The molecule has 0 radical (unpaired) electrons. The van der Waals surface area contributed by atoms with Crippen LogP contribution in [-0.2, 0) is 0 Å². The standard InChI is InChI=1S/C18H23N3O3/c1-5-12(2)20-14-8-13(10-19-11-14)18(22)21-16-9-15(23-3)6-7-17(16)24-4/h6-12,20H,5H2,1-4H3,(H,21,22). The third kappa shape index (κ3) is 4.38. The molecule has 128 valence electrons. The van der Waals surface area contributed by atoms with Crippen LogP contribution in [0.1, 0.15) is 30.6 Å². The van der Waals surface area contributed by atoms with Gasteiger partial charge in [-0.2, -0.15) is 0 Å². The number of nitrogens with one attached hydrogen (secondary N) is 2. The highest BCUT2D eigenvalue weighted by molar-refractivity contribution is 6.05. The van der Waals surface area contributed by atoms with E-state index in [-0.39, 0.29) is 5.91 Å². The first-order valence-corrected chi connectivity index (χ1v) is 7.82. The summed E-state index contributed by atoms with van der Waals surface area (Å²) in [7, 11) is 3.12. The highest BCUT2D eigenvalue weighted by atomic mass is 16.5. The molecule has 1 unspecified atom stereocenters. The summed E-state index contributed by atoms with van der Waals surface area (Å²) in [4.78, 5) is 16.6. The number of carbonyl (C=O) groups excluding carboxylic acids is 1. The van der Waals surface area contributed by atoms with Crippen LogP contribution in [-0.4, -0.2) is 31.2 Å². The molecule has 0 aliphatic carbocycles. The summed E-state index contributed by atoms with van der Waals surface area (Å²) >= 11 is 0. The number of benzene rings is 1. The van der Waals surface area contributed by atoms with E-state index < -0.39 is 0 Å². The van der Waals surface area contributed by atoms with Crippen LogP contribution in [0, 0.1) is 0 Å². The Kier molecular flexibility index (Phi) is 6.01. The molecule has 6 heteroatoms. The Morgan fingerprint density at radius 3 is 2.67 bits per heavy atom. The summed E-state index contributed by atoms with van der Waals surface area (Å²) < 4.78 is 10.5. The van der Waals surface area contributed by atoms with Gasteiger partial charge in [0.1, 0.15) is 11.5 Å². The number of hydrogen-bond acceptors (Lipinski definition) is 5. The predicted molar refractivity (Wildman–Crippen MR) is 95.1 cm³/mol. The fraction of sp³-hybridized carbons (Fsp3) is 0.333. The lowest BCUT2D eigenvalue weighted by Gasteiger charge is -2.14. The molecular weight excluding hydrogens is 306 g/mol. The molecule has 0 spiro atoms. The minimum Gasteiger partial charge on any atom is -0.497 e. The zero-order chi connectivity index (χ0) is 17.5. The molecule has 1 atom stereocenters. The monoisotopic (exact) mass is 329 g/mol. The van der Waals surface area contributed by atoms with Crippen molar-refractivity contribution in [3.05, 3.63) is 42.2 Å². The van der Waals surface area contributed by atoms with Crippen molar-refractivity contribution in [3.8, 4) is 11.5 Å². The molecular formula is C18H23N3O3. The summed E-state index contributed by atoms with van der Waals surface area (Å²) in [5, 5.41) is 6.14. The van der Waals surface area contributed by atoms with Gasteiger partial charge < -0.3 is 20.1 Å². The Bertz CT molecular complexity index is 704. The lowest BCUT2D eigenvalue weighted by Crippen LogP contribution is -2.16. The number of amides is 1. The summed E-state index contributed by atoms with van der Waals surface area (Å²) in [6.07, 6.45) is 4.22. The van der Waals surface area contributed by atoms with E-state index in [0.29, 0.717) is 28.8 Å². The number of ether oxygens (including phenoxy) is 2. The number of aromatic nitrogens is 1. The van der Waals surface area contributed by atoms with Crippen LogP contribution in [0.3, 0.4) is 0 Å². The van der Waals surface area contributed by atoms with Crippen LogP contribution >= 0.6 is 0 Å². The van der Waals surface area contributed by atoms with E-state index in [4.69, 9.17) is 9.47 Å². The van der Waals surface area contributed by atoms with Gasteiger partial charge in [-0.25, -0.2) is 0 Å². The molecule has 0 fully saturated rings. The molecule has 0 aliphatic rings. The normalized spacial score (nSPS) is 11.5. The maximum atomic E-state index is 12.5. The van der Waals surface area contributed by atoms with Gasteiger partial charge >= 0.3 is 0 Å². The third-order valence-electron chi connectivity index (χ3n) is 3.68. The number of hydrogen-bond donors (Lipinski definition) is 2. The number of rotatable bonds is 7. The van der Waals surface area contributed by atoms with Crippen molar-refractivity contribution >= 4 is 17.3 Å². The van der Waals surface area contributed by atoms with E-state index in [1.165, 1.54) is 6.20 Å². The molecule has 0 aliphatic heterocycles. The zero-order valence-electron chi connectivity index (χ0n) is 14.4. The van der Waals surface area contributed by atoms with E-state index >= 15 is 0 Å². The van der Waals surface area contributed by atoms with Crippen molar-refractivity contribution in [2.75, 3.05) is 24.9 Å². The smallest absolute Gasteiger partial charge is 0.257 e. The summed E-state index contributed by atoms with van der Waals surface area (Å²) in [6.45, 7) is 4.17. The number of methoxy groups -OCH3 is 2. The largest absolute Gasteiger partial charge is 0.497 e. The second-order valence-corrected chi connectivity index (χ2v) is 5.44. The highest BCUT2D eigenvalue weighted by Crippen LogP contribution is 2.29. The first kappa shape index (κ1) is 17.6. The van der Waals surface area contributed by atoms with Crippen molar-refractivity contribution in [2.45, 2.75) is 26.3 Å². The topological polar surface area (TPSA) is 72.5 Å². The minimum atomic E-state index is -0.262. The first-order valence-electron chi connectivity index (χ1n) is 7.82. The quantitative estimate of drug-likeness (QED) is 0.812. The molecule has 0 saturated carbocycles. The molecule has 2 rings (SSSR count). The van der Waals surface area contributed by atoms with Crippen LogP contribution < -0.4 is 20.1 Å². The summed E-state index contributed by atoms with van der Waals surface area (Å²) in [5.74, 6) is 0.935. The number of carbonyl (C=O) groups is 1. The SMILES string of the molecule is CCC(C)Nc1cncc(C(=O)Nc2cc(OC)ccc2OC)c1. The van der Waals surface area contributed by atoms with Crippen LogP contribution in [0.25, 0.3) is 0 Å². The van der Waals surface area contributed by atoms with Gasteiger partial charge in [-0.3, -0.25) is 9.78 Å². The molecule has 2 N–H and O–H groups in total. The van der Waals surface area contributed by atoms with Crippen LogP contribution in [0.4, 0.5) is 11.4 Å². The predicted octanol–water partition coefficient (Wildman–Crippen LogP) is 3.56. The van der Waals surface area contributed by atoms with Crippen molar-refractivity contribution in [1.82, 2.24) is 4.98 Å². The van der Waals surface area contributed by atoms with Crippen molar-refractivity contribution in [3.63, 3.8) is 0 Å². The average molecular weight is 329 g/mol. The Balaban J connectivity index is 2.19. The Hall–Kier alpha value is -2.76. The fourth-order valence-electron chi connectivity index (χ4n) is 2.14. The van der Waals surface area contributed by atoms with Crippen LogP contribution in [0.15, 0.2) is 36.7 Å². The van der Waals surface area contributed by atoms with Gasteiger partial charge in [-0.05, 0) is 31.5 Å². The number of pyridine rings is 1. The maximum absolute atomic E-state index is 12.5. The van der Waals surface area contributed by atoms with Gasteiger partial charge in [0, 0.05) is 24.5 Å². The molecule has 0 bridgehead atoms. The summed E-state index contributed by atoms with van der Waals surface area (Å²) in [6, 6.07) is 7.32. The molecule has 6 nitrogen and oxygen atoms in total. The van der Waals surface area contributed by atoms with Crippen LogP contribution in [0.2, 0.25) is 0 Å². The molecule has 0 saturated heterocycles. The number of anilines is 2. The minimum absolute atomic E-state index is 0.262. The number of nitrogens with zero attached hydrogens (tertiary/aromatic N) is 1. The zero-order valence-corrected chi connectivity index (χ0v) is 14.4. The molecule has 1 amide bonds. The lowest BCUT2D eigenvalue weighted by atomic mass is 10.2. The van der Waals surface area contributed by atoms with E-state index in [0.717, 1.165) is 12.1 Å². The van der Waals surface area contributed by atoms with E-state index in [9.17, 15) is 4.79 Å². The second-order valence-electron chi connectivity index (χ2n) is 5.44. The van der Waals surface area contributed by atoms with Gasteiger partial charge in [0.2, 0.25) is 0 Å². The van der Waals surface area contributed by atoms with Gasteiger partial charge in [0.15, 0.2) is 0 Å². The molecule has 1 heterocycles. The maximum Gasteiger partial charge on any atom is 0.257 e. The Labute approximate surface area is 142 Å². The average Bonchev–Trinajstić information content (AvgIpc) is 2.61. The van der Waals surface area contributed by atoms with Crippen molar-refractivity contribution < 1.29 is 14.3 Å². The fourth-order valence-corrected chi connectivity index (χ4v) is 2.14. The first-order chi connectivity index (χ1) is 11.6. The van der Waals surface area contributed by atoms with Gasteiger partial charge in [-0.1, -0.05) is 6.92 Å². The third-order valence-corrected chi connectivity index (χ3v) is 3.68. The van der Waals surface area contributed by atoms with E-state index in [2.05, 4.69) is 29.5 Å². The molecule has 1 aromatic carbocycles. The molecule has 1 aromatic heterocycles. The van der Waals surface area contributed by atoms with E-state index in [1.807, 2.05) is 0 Å². The van der Waals surface area contributed by atoms with Gasteiger partial charge in [0.05, 0.1) is 31.2 Å². The van der Waals surface area contributed by atoms with Gasteiger partial charge in [-0.15, -0.1) is 0 Å². The van der Waals surface area contributed by atoms with Crippen molar-refractivity contribution in [1.29, 1.82) is 0 Å². The van der Waals surface area contributed by atoms with Crippen molar-refractivity contribution in [2.24, 2.45) is 0 Å². The second kappa shape index (κ2) is 8.19. The highest BCUT2D eigenvalue weighted by Gasteiger charge is 2.12. The van der Waals surface area contributed by atoms with E-state index in [1.54, 1.807) is 44.7 Å². The van der Waals surface area contributed by atoms with Gasteiger partial charge in [0.25, 0.3) is 5.91 Å². The molecule has 24 heavy (non-hydrogen) atoms. The summed E-state index contributed by atoms with van der Waals surface area (Å²) in [5.41, 5.74) is 1.82. The Morgan fingerprint density at radius 1 is 1.21 bits per heavy atom.